The first-order valence-electron chi connectivity index (χ1n) is 6.13. The molecule has 0 radical (unpaired) electrons. The summed E-state index contributed by atoms with van der Waals surface area (Å²) in [6.45, 7) is 2.05. The minimum absolute atomic E-state index is 0.198. The Bertz CT molecular complexity index is 602. The second-order valence-corrected chi connectivity index (χ2v) is 6.16. The lowest BCUT2D eigenvalue weighted by atomic mass is 10.2. The highest BCUT2D eigenvalue weighted by Crippen LogP contribution is 2.22. The predicted octanol–water partition coefficient (Wildman–Crippen LogP) is 1.78. The van der Waals surface area contributed by atoms with Crippen molar-refractivity contribution in [2.45, 2.75) is 19.4 Å². The molecule has 1 aromatic carbocycles. The fourth-order valence-corrected chi connectivity index (χ4v) is 2.52. The molecular formula is C13H18N4OS. The van der Waals surface area contributed by atoms with Crippen molar-refractivity contribution in [3.63, 3.8) is 0 Å². The topological polar surface area (TPSA) is 80.9 Å². The summed E-state index contributed by atoms with van der Waals surface area (Å²) in [6, 6.07) is 5.76. The monoisotopic (exact) mass is 278 g/mol. The number of rotatable bonds is 5. The number of aromatic nitrogens is 2. The molecule has 1 heterocycles. The van der Waals surface area contributed by atoms with Crippen molar-refractivity contribution in [1.29, 1.82) is 0 Å². The molecule has 0 saturated heterocycles. The van der Waals surface area contributed by atoms with Crippen LogP contribution in [0.2, 0.25) is 0 Å². The third-order valence-corrected chi connectivity index (χ3v) is 3.69. The van der Waals surface area contributed by atoms with Gasteiger partial charge in [0, 0.05) is 39.9 Å². The molecule has 0 spiro atoms. The van der Waals surface area contributed by atoms with Crippen molar-refractivity contribution in [2.24, 2.45) is 0 Å². The van der Waals surface area contributed by atoms with E-state index in [0.29, 0.717) is 11.4 Å². The van der Waals surface area contributed by atoms with Crippen molar-refractivity contribution in [1.82, 2.24) is 9.97 Å². The number of nitrogens with zero attached hydrogens (tertiary/aromatic N) is 2. The first kappa shape index (κ1) is 13.7. The van der Waals surface area contributed by atoms with Crippen LogP contribution in [0.5, 0.6) is 0 Å². The molecule has 1 aromatic heterocycles. The molecule has 0 aliphatic carbocycles. The highest BCUT2D eigenvalue weighted by molar-refractivity contribution is 7.84. The number of hydrogen-bond acceptors (Lipinski definition) is 5. The smallest absolute Gasteiger partial charge is 0.137 e. The molecule has 6 heteroatoms. The van der Waals surface area contributed by atoms with Gasteiger partial charge in [-0.15, -0.1) is 0 Å². The van der Waals surface area contributed by atoms with Gasteiger partial charge in [0.2, 0.25) is 0 Å². The highest BCUT2D eigenvalue weighted by Gasteiger charge is 2.08. The van der Waals surface area contributed by atoms with E-state index in [2.05, 4.69) is 15.3 Å². The maximum Gasteiger partial charge on any atom is 0.137 e. The molecule has 2 rings (SSSR count). The molecule has 5 nitrogen and oxygen atoms in total. The third-order valence-electron chi connectivity index (χ3n) is 2.88. The number of hydrogen-bond donors (Lipinski definition) is 2. The molecule has 0 saturated carbocycles. The average molecular weight is 278 g/mol. The average Bonchev–Trinajstić information content (AvgIpc) is 2.37. The van der Waals surface area contributed by atoms with Crippen molar-refractivity contribution in [2.75, 3.05) is 23.1 Å². The molecule has 2 aromatic rings. The van der Waals surface area contributed by atoms with Crippen LogP contribution in [0.1, 0.15) is 13.3 Å². The van der Waals surface area contributed by atoms with Gasteiger partial charge in [0.25, 0.3) is 0 Å². The number of anilines is 2. The molecule has 0 aliphatic rings. The highest BCUT2D eigenvalue weighted by atomic mass is 32.2. The van der Waals surface area contributed by atoms with Crippen LogP contribution >= 0.6 is 0 Å². The van der Waals surface area contributed by atoms with Crippen LogP contribution in [0, 0.1) is 0 Å². The van der Waals surface area contributed by atoms with E-state index in [1.807, 2.05) is 25.1 Å². The number of nitrogens with one attached hydrogen (secondary N) is 1. The van der Waals surface area contributed by atoms with Crippen LogP contribution < -0.4 is 11.1 Å². The largest absolute Gasteiger partial charge is 0.399 e. The summed E-state index contributed by atoms with van der Waals surface area (Å²) in [7, 11) is -0.768. The zero-order valence-electron chi connectivity index (χ0n) is 11.1. The summed E-state index contributed by atoms with van der Waals surface area (Å²) < 4.78 is 11.1. The summed E-state index contributed by atoms with van der Waals surface area (Å²) in [5.74, 6) is 1.45. The van der Waals surface area contributed by atoms with Crippen molar-refractivity contribution < 1.29 is 4.21 Å². The SMILES string of the molecule is CC(CCS(C)=O)Nc1ncnc2ccc(N)cc12. The Morgan fingerprint density at radius 2 is 2.21 bits per heavy atom. The van der Waals surface area contributed by atoms with Gasteiger partial charge in [-0.05, 0) is 31.5 Å². The molecular weight excluding hydrogens is 260 g/mol. The Kier molecular flexibility index (Phi) is 4.31. The zero-order chi connectivity index (χ0) is 13.8. The lowest BCUT2D eigenvalue weighted by molar-refractivity contribution is 0.678. The summed E-state index contributed by atoms with van der Waals surface area (Å²) >= 11 is 0. The van der Waals surface area contributed by atoms with Crippen LogP contribution in [0.4, 0.5) is 11.5 Å². The van der Waals surface area contributed by atoms with E-state index in [9.17, 15) is 4.21 Å². The Balaban J connectivity index is 2.20. The van der Waals surface area contributed by atoms with E-state index in [4.69, 9.17) is 5.73 Å². The molecule has 19 heavy (non-hydrogen) atoms. The first-order valence-corrected chi connectivity index (χ1v) is 7.86. The maximum absolute atomic E-state index is 11.1. The molecule has 3 N–H and O–H groups in total. The Morgan fingerprint density at radius 1 is 1.42 bits per heavy atom. The van der Waals surface area contributed by atoms with Gasteiger partial charge in [-0.1, -0.05) is 0 Å². The summed E-state index contributed by atoms with van der Waals surface area (Å²) in [6.07, 6.45) is 4.08. The number of nitrogen functional groups attached to an aromatic ring is 1. The number of nitrogens with two attached hydrogens (primary N) is 1. The molecule has 0 aliphatic heterocycles. The number of benzene rings is 1. The molecule has 2 atom stereocenters. The van der Waals surface area contributed by atoms with Gasteiger partial charge in [0.1, 0.15) is 12.1 Å². The van der Waals surface area contributed by atoms with Gasteiger partial charge in [-0.25, -0.2) is 9.97 Å². The third kappa shape index (κ3) is 3.64. The second kappa shape index (κ2) is 5.97. The maximum atomic E-state index is 11.1. The standard InChI is InChI=1S/C13H18N4OS/c1-9(5-6-19(2)18)17-13-11-7-10(14)3-4-12(11)15-8-16-13/h3-4,7-9H,5-6,14H2,1-2H3,(H,15,16,17). The lowest BCUT2D eigenvalue weighted by Crippen LogP contribution is -2.18. The molecule has 0 bridgehead atoms. The van der Waals surface area contributed by atoms with Crippen molar-refractivity contribution in [3.8, 4) is 0 Å². The van der Waals surface area contributed by atoms with Gasteiger partial charge in [-0.3, -0.25) is 4.21 Å². The predicted molar refractivity (Wildman–Crippen MR) is 80.6 cm³/mol. The minimum atomic E-state index is -0.768. The summed E-state index contributed by atoms with van der Waals surface area (Å²) in [4.78, 5) is 8.47. The van der Waals surface area contributed by atoms with Gasteiger partial charge in [0.05, 0.1) is 5.52 Å². The normalized spacial score (nSPS) is 14.2. The molecule has 0 fully saturated rings. The van der Waals surface area contributed by atoms with Crippen molar-refractivity contribution >= 4 is 33.2 Å². The Morgan fingerprint density at radius 3 is 2.95 bits per heavy atom. The fraction of sp³-hybridized carbons (Fsp3) is 0.385. The van der Waals surface area contributed by atoms with Crippen LogP contribution in [0.15, 0.2) is 24.5 Å². The summed E-state index contributed by atoms with van der Waals surface area (Å²) in [5, 5.41) is 4.24. The fourth-order valence-electron chi connectivity index (χ4n) is 1.84. The van der Waals surface area contributed by atoms with Crippen molar-refractivity contribution in [3.05, 3.63) is 24.5 Å². The Hall–Kier alpha value is -1.69. The van der Waals surface area contributed by atoms with E-state index in [0.717, 1.165) is 23.1 Å². The van der Waals surface area contributed by atoms with Crippen LogP contribution in [-0.4, -0.2) is 32.2 Å². The van der Waals surface area contributed by atoms with E-state index >= 15 is 0 Å². The van der Waals surface area contributed by atoms with E-state index in [1.54, 1.807) is 6.26 Å². The Labute approximate surface area is 115 Å². The lowest BCUT2D eigenvalue weighted by Gasteiger charge is -2.15. The molecule has 2 unspecified atom stereocenters. The quantitative estimate of drug-likeness (QED) is 0.815. The number of fused-ring (bicyclic) bond motifs is 1. The molecule has 0 amide bonds. The van der Waals surface area contributed by atoms with Gasteiger partial charge in [0.15, 0.2) is 0 Å². The van der Waals surface area contributed by atoms with Gasteiger partial charge in [-0.2, -0.15) is 0 Å². The first-order chi connectivity index (χ1) is 9.06. The van der Waals surface area contributed by atoms with Crippen LogP contribution in [-0.2, 0) is 10.8 Å². The van der Waals surface area contributed by atoms with Gasteiger partial charge < -0.3 is 11.1 Å². The van der Waals surface area contributed by atoms with E-state index < -0.39 is 10.8 Å². The zero-order valence-corrected chi connectivity index (χ0v) is 11.9. The van der Waals surface area contributed by atoms with E-state index in [-0.39, 0.29) is 6.04 Å². The minimum Gasteiger partial charge on any atom is -0.399 e. The van der Waals surface area contributed by atoms with Crippen LogP contribution in [0.3, 0.4) is 0 Å². The summed E-state index contributed by atoms with van der Waals surface area (Å²) in [5.41, 5.74) is 7.35. The van der Waals surface area contributed by atoms with Crippen LogP contribution in [0.25, 0.3) is 10.9 Å². The van der Waals surface area contributed by atoms with Gasteiger partial charge >= 0.3 is 0 Å². The van der Waals surface area contributed by atoms with E-state index in [1.165, 1.54) is 6.33 Å². The second-order valence-electron chi connectivity index (χ2n) is 4.61. The molecule has 102 valence electrons.